The Balaban J connectivity index is 1.32. The minimum atomic E-state index is -1.37. The molecule has 11 heteroatoms. The number of hydrogen-bond donors (Lipinski definition) is 4. The van der Waals surface area contributed by atoms with Gasteiger partial charge in [0.1, 0.15) is 11.9 Å². The fraction of sp³-hybridized carbons (Fsp3) is 0.907. The molecule has 0 saturated carbocycles. The van der Waals surface area contributed by atoms with Crippen LogP contribution >= 0.6 is 0 Å². The van der Waals surface area contributed by atoms with Gasteiger partial charge in [-0.3, -0.25) is 9.59 Å². The number of rotatable bonds is 12. The van der Waals surface area contributed by atoms with E-state index in [1.807, 2.05) is 48.5 Å². The van der Waals surface area contributed by atoms with E-state index in [0.717, 1.165) is 6.42 Å². The summed E-state index contributed by atoms with van der Waals surface area (Å²) < 4.78 is 33.6. The first-order valence-corrected chi connectivity index (χ1v) is 21.1. The third kappa shape index (κ3) is 7.88. The molecule has 0 aromatic carbocycles. The lowest BCUT2D eigenvalue weighted by molar-refractivity contribution is -0.409. The quantitative estimate of drug-likeness (QED) is 0.162. The van der Waals surface area contributed by atoms with Crippen molar-refractivity contribution < 1.29 is 53.7 Å². The van der Waals surface area contributed by atoms with Gasteiger partial charge in [-0.05, 0) is 95.1 Å². The Morgan fingerprint density at radius 3 is 2.07 bits per heavy atom. The monoisotopic (exact) mass is 765 g/mol. The highest BCUT2D eigenvalue weighted by molar-refractivity contribution is 5.84. The van der Waals surface area contributed by atoms with Crippen LogP contribution in [-0.2, 0) is 33.3 Å². The van der Waals surface area contributed by atoms with E-state index in [1.165, 1.54) is 0 Å². The highest BCUT2D eigenvalue weighted by Crippen LogP contribution is 2.54. The summed E-state index contributed by atoms with van der Waals surface area (Å²) in [6, 6.07) is 0. The predicted octanol–water partition coefficient (Wildman–Crippen LogP) is 6.43. The summed E-state index contributed by atoms with van der Waals surface area (Å²) in [6.07, 6.45) is 4.75. The summed E-state index contributed by atoms with van der Waals surface area (Å²) in [5.41, 5.74) is -1.63. The number of carbonyl (C=O) groups is 2. The molecule has 5 rings (SSSR count). The summed E-state index contributed by atoms with van der Waals surface area (Å²) in [5, 5.41) is 44.2. The Bertz CT molecular complexity index is 1360. The molecule has 0 aromatic rings. The highest BCUT2D eigenvalue weighted by atomic mass is 16.8. The normalized spacial score (nSPS) is 46.9. The van der Waals surface area contributed by atoms with Crippen LogP contribution in [0.15, 0.2) is 12.2 Å². The lowest BCUT2D eigenvalue weighted by atomic mass is 9.72. The Labute approximate surface area is 323 Å². The van der Waals surface area contributed by atoms with Crippen molar-refractivity contribution in [2.75, 3.05) is 0 Å². The Morgan fingerprint density at radius 2 is 1.48 bits per heavy atom. The van der Waals surface area contributed by atoms with Crippen LogP contribution in [-0.4, -0.2) is 97.7 Å². The van der Waals surface area contributed by atoms with Gasteiger partial charge in [0.15, 0.2) is 5.79 Å². The van der Waals surface area contributed by atoms with Crippen molar-refractivity contribution in [1.29, 1.82) is 0 Å². The van der Waals surface area contributed by atoms with E-state index in [0.29, 0.717) is 51.4 Å². The molecule has 11 nitrogen and oxygen atoms in total. The van der Waals surface area contributed by atoms with Gasteiger partial charge < -0.3 is 44.1 Å². The van der Waals surface area contributed by atoms with Gasteiger partial charge in [-0.1, -0.05) is 62.3 Å². The van der Waals surface area contributed by atoms with Gasteiger partial charge in [0.05, 0.1) is 53.7 Å². The predicted molar refractivity (Wildman–Crippen MR) is 203 cm³/mol. The molecule has 0 radical (unpaired) electrons. The smallest absolute Gasteiger partial charge is 0.309 e. The maximum atomic E-state index is 14.5. The molecule has 0 aromatic heterocycles. The van der Waals surface area contributed by atoms with Gasteiger partial charge in [0.25, 0.3) is 0 Å². The van der Waals surface area contributed by atoms with Gasteiger partial charge in [0.2, 0.25) is 5.79 Å². The average molecular weight is 765 g/mol. The number of aliphatic carboxylic acids is 1. The van der Waals surface area contributed by atoms with E-state index in [-0.39, 0.29) is 47.8 Å². The minimum absolute atomic E-state index is 0.0104. The van der Waals surface area contributed by atoms with E-state index in [2.05, 4.69) is 20.8 Å². The van der Waals surface area contributed by atoms with Crippen LogP contribution in [0.3, 0.4) is 0 Å². The van der Waals surface area contributed by atoms with Crippen molar-refractivity contribution in [2.45, 2.75) is 199 Å². The number of Topliss-reactive ketones (excluding diaryl/α,β-unsaturated/α-hetero) is 1. The van der Waals surface area contributed by atoms with Crippen molar-refractivity contribution >= 4 is 11.8 Å². The number of hydrogen-bond acceptors (Lipinski definition) is 10. The molecular formula is C43H72O11. The molecule has 4 N–H and O–H groups in total. The summed E-state index contributed by atoms with van der Waals surface area (Å²) in [4.78, 5) is 26.6. The molecule has 54 heavy (non-hydrogen) atoms. The summed E-state index contributed by atoms with van der Waals surface area (Å²) in [5.74, 6) is -5.80. The Morgan fingerprint density at radius 1 is 0.852 bits per heavy atom. The largest absolute Gasteiger partial charge is 0.481 e. The summed E-state index contributed by atoms with van der Waals surface area (Å²) >= 11 is 0. The third-order valence-corrected chi connectivity index (χ3v) is 14.8. The standard InChI is InChI=1S/C43H72O11/c1-12-30(35(46)27(8)34(45)28(9)36-23(4)21-24(5)37(51-36)31(13-2)39(47)48)38-25(6)22-26(7)42(52-38)18-15-32(44)43(54-42)20-19-40(11,53-43)33-16-17-41(49,14-3)29(10)50-33/h15,18,23-34,36-38,44-45,49H,12-14,16-17,19-22H2,1-11H3,(H,47,48)/t23-,24+,25-,26+,27-,28-,29-,30-,31+,32+,33+,34+,36+,37+,38-,40-,41+,42-,43-/m0/s1. The number of carboxylic acids is 1. The number of carboxylic acid groups (broad SMARTS) is 1. The van der Waals surface area contributed by atoms with Crippen molar-refractivity contribution in [3.8, 4) is 0 Å². The van der Waals surface area contributed by atoms with Crippen LogP contribution in [0.25, 0.3) is 0 Å². The Hall–Kier alpha value is -1.44. The SMILES string of the molecule is CC[C@@H](C(=O)O)[C@@H]1O[C@@H]([C@@H](C)[C@H](O)[C@H](C)C(=O)[C@H](CC)[C@H]2O[C@]3(C=C[C@@H](O)[C@]4(CC[C@@](C)([C@H]5CC[C@](O)(CC)[C@H](C)O5)O4)O3)[C@H](C)C[C@@H]2C)[C@@H](C)C[C@H]1C. The second-order valence-electron chi connectivity index (χ2n) is 18.5. The zero-order chi connectivity index (χ0) is 40.1. The lowest BCUT2D eigenvalue weighted by Crippen LogP contribution is -2.63. The molecule has 0 bridgehead atoms. The van der Waals surface area contributed by atoms with Gasteiger partial charge in [-0.25, -0.2) is 0 Å². The third-order valence-electron chi connectivity index (χ3n) is 14.8. The molecule has 5 heterocycles. The fourth-order valence-electron chi connectivity index (χ4n) is 10.9. The zero-order valence-corrected chi connectivity index (χ0v) is 34.8. The van der Waals surface area contributed by atoms with Crippen molar-refractivity contribution in [1.82, 2.24) is 0 Å². The molecule has 5 aliphatic rings. The number of ether oxygens (including phenoxy) is 5. The Kier molecular flexibility index (Phi) is 13.3. The molecule has 0 unspecified atom stereocenters. The van der Waals surface area contributed by atoms with Crippen molar-refractivity contribution in [3.63, 3.8) is 0 Å². The molecule has 5 aliphatic heterocycles. The van der Waals surface area contributed by atoms with E-state index < -0.39 is 76.8 Å². The number of aliphatic hydroxyl groups is 3. The van der Waals surface area contributed by atoms with Gasteiger partial charge in [-0.2, -0.15) is 0 Å². The number of carbonyl (C=O) groups excluding carboxylic acids is 1. The first-order chi connectivity index (χ1) is 25.2. The van der Waals surface area contributed by atoms with Crippen LogP contribution in [0, 0.1) is 47.3 Å². The second-order valence-corrected chi connectivity index (χ2v) is 18.5. The fourth-order valence-corrected chi connectivity index (χ4v) is 10.9. The van der Waals surface area contributed by atoms with E-state index in [4.69, 9.17) is 23.7 Å². The van der Waals surface area contributed by atoms with Gasteiger partial charge in [-0.15, -0.1) is 0 Å². The van der Waals surface area contributed by atoms with Gasteiger partial charge in [0, 0.05) is 30.1 Å². The van der Waals surface area contributed by atoms with E-state index in [1.54, 1.807) is 19.1 Å². The molecule has 2 spiro atoms. The second kappa shape index (κ2) is 16.4. The number of ketones is 1. The maximum absolute atomic E-state index is 14.5. The van der Waals surface area contributed by atoms with Crippen molar-refractivity contribution in [3.05, 3.63) is 12.2 Å². The zero-order valence-electron chi connectivity index (χ0n) is 34.8. The molecule has 4 fully saturated rings. The van der Waals surface area contributed by atoms with Crippen LogP contribution < -0.4 is 0 Å². The summed E-state index contributed by atoms with van der Waals surface area (Å²) in [7, 11) is 0. The summed E-state index contributed by atoms with van der Waals surface area (Å²) in [6.45, 7) is 21.7. The average Bonchev–Trinajstić information content (AvgIpc) is 3.47. The highest BCUT2D eigenvalue weighted by Gasteiger charge is 2.63. The minimum Gasteiger partial charge on any atom is -0.481 e. The first-order valence-electron chi connectivity index (χ1n) is 21.1. The van der Waals surface area contributed by atoms with Crippen LogP contribution in [0.2, 0.25) is 0 Å². The van der Waals surface area contributed by atoms with Gasteiger partial charge >= 0.3 is 5.97 Å². The number of aliphatic hydroxyl groups excluding tert-OH is 2. The van der Waals surface area contributed by atoms with E-state index in [9.17, 15) is 30.0 Å². The topological polar surface area (TPSA) is 161 Å². The molecule has 0 aliphatic carbocycles. The maximum Gasteiger partial charge on any atom is 0.309 e. The first kappa shape index (κ1) is 43.7. The molecule has 19 atom stereocenters. The molecule has 0 amide bonds. The van der Waals surface area contributed by atoms with Crippen LogP contribution in [0.5, 0.6) is 0 Å². The van der Waals surface area contributed by atoms with Crippen LogP contribution in [0.4, 0.5) is 0 Å². The molecule has 310 valence electrons. The lowest BCUT2D eigenvalue weighted by Gasteiger charge is -2.54. The van der Waals surface area contributed by atoms with E-state index >= 15 is 0 Å². The van der Waals surface area contributed by atoms with Crippen LogP contribution in [0.1, 0.15) is 134 Å². The van der Waals surface area contributed by atoms with Crippen molar-refractivity contribution in [2.24, 2.45) is 47.3 Å². The molecule has 4 saturated heterocycles. The molecular weight excluding hydrogens is 692 g/mol.